The van der Waals surface area contributed by atoms with E-state index in [1.807, 2.05) is 12.1 Å². The molecule has 0 aliphatic carbocycles. The van der Waals surface area contributed by atoms with Crippen molar-refractivity contribution in [3.8, 4) is 0 Å². The second kappa shape index (κ2) is 9.11. The molecule has 0 unspecified atom stereocenters. The first-order valence-electron chi connectivity index (χ1n) is 10.2. The molecule has 1 atom stereocenters. The van der Waals surface area contributed by atoms with Gasteiger partial charge in [-0.1, -0.05) is 17.3 Å². The largest absolute Gasteiger partial charge is 0.386 e. The highest BCUT2D eigenvalue weighted by Gasteiger charge is 2.45. The first kappa shape index (κ1) is 20.8. The minimum Gasteiger partial charge on any atom is -0.386 e. The summed E-state index contributed by atoms with van der Waals surface area (Å²) in [6.45, 7) is 1.54. The van der Waals surface area contributed by atoms with Crippen LogP contribution in [0.25, 0.3) is 0 Å². The Morgan fingerprint density at radius 1 is 1.13 bits per heavy atom. The van der Waals surface area contributed by atoms with Gasteiger partial charge >= 0.3 is 6.03 Å². The lowest BCUT2D eigenvalue weighted by Gasteiger charge is -2.38. The van der Waals surface area contributed by atoms with Gasteiger partial charge in [-0.25, -0.2) is 9.18 Å². The molecule has 0 bridgehead atoms. The van der Waals surface area contributed by atoms with Crippen molar-refractivity contribution in [2.75, 3.05) is 13.1 Å². The number of carbonyl (C=O) groups is 2. The first-order valence-corrected chi connectivity index (χ1v) is 10.2. The van der Waals surface area contributed by atoms with Crippen molar-refractivity contribution in [3.63, 3.8) is 0 Å². The number of halogens is 1. The van der Waals surface area contributed by atoms with Crippen LogP contribution in [0.4, 0.5) is 9.18 Å². The Labute approximate surface area is 179 Å². The summed E-state index contributed by atoms with van der Waals surface area (Å²) in [5.41, 5.74) is 1.28. The van der Waals surface area contributed by atoms with Crippen LogP contribution in [-0.4, -0.2) is 46.2 Å². The van der Waals surface area contributed by atoms with Crippen LogP contribution in [0.15, 0.2) is 53.9 Å². The van der Waals surface area contributed by atoms with E-state index in [0.29, 0.717) is 43.8 Å². The van der Waals surface area contributed by atoms with Crippen LogP contribution in [0.2, 0.25) is 0 Å². The van der Waals surface area contributed by atoms with E-state index < -0.39 is 5.60 Å². The van der Waals surface area contributed by atoms with Gasteiger partial charge in [0.05, 0.1) is 6.54 Å². The Kier molecular flexibility index (Phi) is 6.11. The van der Waals surface area contributed by atoms with E-state index in [0.717, 1.165) is 12.0 Å². The maximum Gasteiger partial charge on any atom is 0.317 e. The van der Waals surface area contributed by atoms with Crippen LogP contribution in [0.5, 0.6) is 0 Å². The van der Waals surface area contributed by atoms with Crippen molar-refractivity contribution in [2.45, 2.75) is 38.0 Å². The number of urea groups is 1. The van der Waals surface area contributed by atoms with Crippen LogP contribution in [0.1, 0.15) is 30.4 Å². The van der Waals surface area contributed by atoms with E-state index in [-0.39, 0.29) is 24.3 Å². The minimum atomic E-state index is -0.683. The summed E-state index contributed by atoms with van der Waals surface area (Å²) in [5, 5.41) is 9.67. The molecule has 31 heavy (non-hydrogen) atoms. The van der Waals surface area contributed by atoms with E-state index >= 15 is 0 Å². The second-order valence-electron chi connectivity index (χ2n) is 7.84. The predicted molar refractivity (Wildman–Crippen MR) is 111 cm³/mol. The van der Waals surface area contributed by atoms with Crippen molar-refractivity contribution < 1.29 is 18.8 Å². The van der Waals surface area contributed by atoms with Crippen molar-refractivity contribution in [3.05, 3.63) is 65.7 Å². The molecule has 2 N–H and O–H groups in total. The van der Waals surface area contributed by atoms with Crippen LogP contribution in [-0.2, 0) is 22.7 Å². The quantitative estimate of drug-likeness (QED) is 0.769. The number of amides is 3. The summed E-state index contributed by atoms with van der Waals surface area (Å²) in [5.74, 6) is -0.615. The number of benzene rings is 1. The van der Waals surface area contributed by atoms with Gasteiger partial charge in [-0.05, 0) is 48.2 Å². The van der Waals surface area contributed by atoms with Crippen LogP contribution < -0.4 is 10.6 Å². The zero-order valence-electron chi connectivity index (χ0n) is 17.0. The number of carbonyl (C=O) groups excluding carboxylic acids is 2. The van der Waals surface area contributed by atoms with Gasteiger partial charge in [-0.2, -0.15) is 0 Å². The van der Waals surface area contributed by atoms with Gasteiger partial charge in [0.15, 0.2) is 5.60 Å². The highest BCUT2D eigenvalue weighted by molar-refractivity contribution is 6.39. The maximum absolute atomic E-state index is 13.3. The minimum absolute atomic E-state index is 0.236. The van der Waals surface area contributed by atoms with E-state index in [1.165, 1.54) is 12.1 Å². The van der Waals surface area contributed by atoms with Gasteiger partial charge in [0.1, 0.15) is 11.5 Å². The molecule has 4 rings (SSSR count). The lowest BCUT2D eigenvalue weighted by molar-refractivity contribution is -0.115. The summed E-state index contributed by atoms with van der Waals surface area (Å²) < 4.78 is 13.3. The number of rotatable bonds is 5. The topological polar surface area (TPSA) is 95.9 Å². The number of piperidine rings is 1. The van der Waals surface area contributed by atoms with Crippen molar-refractivity contribution in [1.82, 2.24) is 20.5 Å². The highest BCUT2D eigenvalue weighted by atomic mass is 19.1. The third-order valence-electron chi connectivity index (χ3n) is 5.46. The molecule has 1 saturated heterocycles. The first-order chi connectivity index (χ1) is 15.0. The molecular weight excluding hydrogens is 401 g/mol. The predicted octanol–water partition coefficient (Wildman–Crippen LogP) is 2.36. The van der Waals surface area contributed by atoms with E-state index in [9.17, 15) is 14.0 Å². The average molecular weight is 425 g/mol. The standard InChI is InChI=1S/C22H24FN5O3/c23-18-4-1-3-17(11-18)14-26-21(30)28-10-2-7-22(15-28)12-19(27-31-22)20(29)25-13-16-5-8-24-9-6-16/h1,3-6,8-9,11H,2,7,10,12-15H2,(H,25,29)(H,26,30)/t22-/m0/s1. The number of likely N-dealkylation sites (tertiary alicyclic amines) is 1. The molecule has 2 aliphatic heterocycles. The average Bonchev–Trinajstić information content (AvgIpc) is 3.19. The Hall–Kier alpha value is -3.49. The molecule has 2 aliphatic rings. The number of nitrogens with zero attached hydrogens (tertiary/aromatic N) is 3. The SMILES string of the molecule is O=C(NCc1ccncc1)C1=NO[C@@]2(CCCN(C(=O)NCc3cccc(F)c3)C2)C1. The highest BCUT2D eigenvalue weighted by Crippen LogP contribution is 2.33. The molecule has 0 saturated carbocycles. The van der Waals surface area contributed by atoms with E-state index in [1.54, 1.807) is 29.4 Å². The summed E-state index contributed by atoms with van der Waals surface area (Å²) >= 11 is 0. The van der Waals surface area contributed by atoms with Crippen molar-refractivity contribution in [1.29, 1.82) is 0 Å². The zero-order chi connectivity index (χ0) is 21.7. The number of hydrogen-bond donors (Lipinski definition) is 2. The summed E-state index contributed by atoms with van der Waals surface area (Å²) in [4.78, 5) is 36.4. The molecule has 1 aromatic heterocycles. The lowest BCUT2D eigenvalue weighted by atomic mass is 9.88. The fourth-order valence-corrected chi connectivity index (χ4v) is 3.85. The smallest absolute Gasteiger partial charge is 0.317 e. The summed E-state index contributed by atoms with van der Waals surface area (Å²) in [7, 11) is 0. The van der Waals surface area contributed by atoms with E-state index in [2.05, 4.69) is 20.8 Å². The van der Waals surface area contributed by atoms with Gasteiger partial charge in [0.25, 0.3) is 5.91 Å². The van der Waals surface area contributed by atoms with E-state index in [4.69, 9.17) is 4.84 Å². The third kappa shape index (κ3) is 5.17. The fraction of sp³-hybridized carbons (Fsp3) is 0.364. The fourth-order valence-electron chi connectivity index (χ4n) is 3.85. The Bertz CT molecular complexity index is 984. The number of nitrogens with one attached hydrogen (secondary N) is 2. The molecule has 162 valence electrons. The van der Waals surface area contributed by atoms with Gasteiger partial charge in [0.2, 0.25) is 0 Å². The molecule has 1 spiro atoms. The second-order valence-corrected chi connectivity index (χ2v) is 7.84. The Morgan fingerprint density at radius 2 is 1.94 bits per heavy atom. The van der Waals surface area contributed by atoms with Gasteiger partial charge in [0, 0.05) is 38.4 Å². The maximum atomic E-state index is 13.3. The zero-order valence-corrected chi connectivity index (χ0v) is 17.0. The molecular formula is C22H24FN5O3. The number of pyridine rings is 1. The molecule has 2 aromatic rings. The van der Waals surface area contributed by atoms with Crippen molar-refractivity contribution >= 4 is 17.6 Å². The lowest BCUT2D eigenvalue weighted by Crippen LogP contribution is -2.53. The molecule has 0 radical (unpaired) electrons. The Balaban J connectivity index is 1.29. The molecule has 8 nitrogen and oxygen atoms in total. The van der Waals surface area contributed by atoms with Gasteiger partial charge in [-0.15, -0.1) is 0 Å². The molecule has 3 amide bonds. The molecule has 1 aromatic carbocycles. The third-order valence-corrected chi connectivity index (χ3v) is 5.46. The van der Waals surface area contributed by atoms with Gasteiger partial charge < -0.3 is 20.4 Å². The normalized spacial score (nSPS) is 20.2. The molecule has 3 heterocycles. The number of aromatic nitrogens is 1. The van der Waals surface area contributed by atoms with Crippen LogP contribution >= 0.6 is 0 Å². The van der Waals surface area contributed by atoms with Gasteiger partial charge in [-0.3, -0.25) is 9.78 Å². The van der Waals surface area contributed by atoms with Crippen LogP contribution in [0, 0.1) is 5.82 Å². The van der Waals surface area contributed by atoms with Crippen molar-refractivity contribution in [2.24, 2.45) is 5.16 Å². The van der Waals surface area contributed by atoms with Crippen LogP contribution in [0.3, 0.4) is 0 Å². The Morgan fingerprint density at radius 3 is 2.74 bits per heavy atom. The monoisotopic (exact) mass is 425 g/mol. The number of hydrogen-bond acceptors (Lipinski definition) is 5. The molecule has 1 fully saturated rings. The molecule has 9 heteroatoms. The summed E-state index contributed by atoms with van der Waals surface area (Å²) in [6.07, 6.45) is 5.15. The number of oxime groups is 1. The summed E-state index contributed by atoms with van der Waals surface area (Å²) in [6, 6.07) is 9.53.